The van der Waals surface area contributed by atoms with E-state index in [1.165, 1.54) is 0 Å². The number of fused-ring (bicyclic) bond motifs is 2. The first-order chi connectivity index (χ1) is 19.5. The molecule has 11 heteroatoms. The van der Waals surface area contributed by atoms with Crippen LogP contribution in [0.3, 0.4) is 0 Å². The van der Waals surface area contributed by atoms with Gasteiger partial charge >= 0.3 is 37.7 Å². The second-order valence-electron chi connectivity index (χ2n) is 10.8. The Morgan fingerprint density at radius 2 is 0.907 bits per heavy atom. The Labute approximate surface area is 277 Å². The van der Waals surface area contributed by atoms with Crippen LogP contribution in [0.5, 0.6) is 34.5 Å². The molecular formula is C32H36CaO10. The van der Waals surface area contributed by atoms with E-state index in [1.807, 2.05) is 0 Å². The molecule has 0 amide bonds. The van der Waals surface area contributed by atoms with E-state index in [1.54, 1.807) is 53.7 Å². The van der Waals surface area contributed by atoms with Crippen molar-refractivity contribution in [2.45, 2.75) is 60.3 Å². The number of aryl methyl sites for hydroxylation is 2. The molecule has 0 aliphatic carbocycles. The van der Waals surface area contributed by atoms with Gasteiger partial charge in [-0.1, -0.05) is 39.8 Å². The van der Waals surface area contributed by atoms with Gasteiger partial charge in [0, 0.05) is 39.9 Å². The number of phenols is 6. The van der Waals surface area contributed by atoms with Gasteiger partial charge in [-0.15, -0.1) is 0 Å². The molecule has 0 aromatic heterocycles. The summed E-state index contributed by atoms with van der Waals surface area (Å²) in [7, 11) is 0. The van der Waals surface area contributed by atoms with Gasteiger partial charge in [0.1, 0.15) is 11.5 Å². The van der Waals surface area contributed by atoms with Crippen LogP contribution in [0.1, 0.15) is 89.4 Å². The number of benzene rings is 4. The fourth-order valence-corrected chi connectivity index (χ4v) is 5.60. The van der Waals surface area contributed by atoms with E-state index in [9.17, 15) is 40.2 Å². The third-order valence-electron chi connectivity index (χ3n) is 7.22. The molecule has 10 nitrogen and oxygen atoms in total. The van der Waals surface area contributed by atoms with Gasteiger partial charge in [-0.05, 0) is 47.6 Å². The zero-order valence-electron chi connectivity index (χ0n) is 24.3. The van der Waals surface area contributed by atoms with E-state index < -0.39 is 40.5 Å². The summed E-state index contributed by atoms with van der Waals surface area (Å²) in [5, 5.41) is 73.8. The van der Waals surface area contributed by atoms with Crippen molar-refractivity contribution in [2.75, 3.05) is 0 Å². The molecular weight excluding hydrogens is 584 g/mol. The summed E-state index contributed by atoms with van der Waals surface area (Å²) in [6.07, 6.45) is 0.682. The summed E-state index contributed by atoms with van der Waals surface area (Å²) < 4.78 is 0. The fourth-order valence-electron chi connectivity index (χ4n) is 5.60. The van der Waals surface area contributed by atoms with Crippen LogP contribution in [0.4, 0.5) is 0 Å². The molecule has 0 saturated carbocycles. The molecule has 0 fully saturated rings. The van der Waals surface area contributed by atoms with E-state index in [0.717, 1.165) is 6.92 Å². The Bertz CT molecular complexity index is 1660. The van der Waals surface area contributed by atoms with Crippen molar-refractivity contribution in [3.8, 4) is 45.6 Å². The fraction of sp³-hybridized carbons (Fsp3) is 0.281. The van der Waals surface area contributed by atoms with Gasteiger partial charge < -0.3 is 35.7 Å². The topological polar surface area (TPSA) is 193 Å². The average molecular weight is 621 g/mol. The van der Waals surface area contributed by atoms with Crippen molar-refractivity contribution in [3.05, 3.63) is 45.5 Å². The third-order valence-corrected chi connectivity index (χ3v) is 7.22. The Morgan fingerprint density at radius 1 is 0.628 bits per heavy atom. The second-order valence-corrected chi connectivity index (χ2v) is 10.8. The quantitative estimate of drug-likeness (QED) is 0.0844. The second kappa shape index (κ2) is 13.3. The van der Waals surface area contributed by atoms with Gasteiger partial charge in [0.05, 0.1) is 11.1 Å². The number of carbonyl (C=O) groups is 3. The van der Waals surface area contributed by atoms with E-state index in [4.69, 9.17) is 9.90 Å². The van der Waals surface area contributed by atoms with Crippen molar-refractivity contribution < 1.29 is 50.1 Å². The van der Waals surface area contributed by atoms with Gasteiger partial charge in [-0.3, -0.25) is 14.4 Å². The van der Waals surface area contributed by atoms with E-state index in [2.05, 4.69) is 0 Å². The minimum absolute atomic E-state index is 0. The molecule has 0 aliphatic rings. The Hall–Kier alpha value is -3.73. The number of phenolic OH excluding ortho intramolecular Hbond substituents is 6. The molecule has 0 heterocycles. The number of aliphatic carboxylic acids is 1. The van der Waals surface area contributed by atoms with Crippen molar-refractivity contribution in [3.63, 3.8) is 0 Å². The molecule has 0 saturated heterocycles. The summed E-state index contributed by atoms with van der Waals surface area (Å²) in [4.78, 5) is 33.0. The predicted molar refractivity (Wildman–Crippen MR) is 167 cm³/mol. The standard InChI is InChI=1S/C30H30O8.C2H4O2.Ca.2H/c1-11(2)19-15-7-13(5)21(27(35)23(15)17(9-31)25(33)29(19)37)22-14(6)8-16-20(12(3)4)30(38)26(34)18(10-32)24(16)28(22)36;1-2(3)4;;;/h7-12,33-38H,1-6H3;1H3,(H,3,4);;;. The van der Waals surface area contributed by atoms with E-state index in [0.29, 0.717) is 45.6 Å². The normalized spacial score (nSPS) is 10.9. The maximum atomic E-state index is 12.0. The molecule has 0 atom stereocenters. The number of aromatic hydroxyl groups is 6. The summed E-state index contributed by atoms with van der Waals surface area (Å²) >= 11 is 0. The summed E-state index contributed by atoms with van der Waals surface area (Å²) in [5.74, 6) is -4.41. The first-order valence-electron chi connectivity index (χ1n) is 13.1. The van der Waals surface area contributed by atoms with Crippen molar-refractivity contribution in [2.24, 2.45) is 0 Å². The number of carboxylic acid groups (broad SMARTS) is 1. The van der Waals surface area contributed by atoms with Crippen LogP contribution in [-0.2, 0) is 4.79 Å². The van der Waals surface area contributed by atoms with Crippen LogP contribution < -0.4 is 0 Å². The van der Waals surface area contributed by atoms with Gasteiger partial charge in [0.15, 0.2) is 35.6 Å². The van der Waals surface area contributed by atoms with Gasteiger partial charge in [0.2, 0.25) is 0 Å². The molecule has 226 valence electrons. The van der Waals surface area contributed by atoms with Crippen molar-refractivity contribution in [1.82, 2.24) is 0 Å². The SMILES string of the molecule is CC(=O)O.Cc1cc2c(C(C)C)c(O)c(O)c(C=O)c2c(O)c1-c1c(C)cc2c(C(C)C)c(O)c(O)c(C=O)c2c1O.[CaH2]. The number of rotatable bonds is 5. The van der Waals surface area contributed by atoms with Crippen LogP contribution in [-0.4, -0.2) is 92.0 Å². The zero-order chi connectivity index (χ0) is 32.0. The monoisotopic (exact) mass is 620 g/mol. The maximum absolute atomic E-state index is 12.0. The van der Waals surface area contributed by atoms with Gasteiger partial charge in [-0.25, -0.2) is 0 Å². The molecule has 4 rings (SSSR count). The Kier molecular flexibility index (Phi) is 11.0. The predicted octanol–water partition coefficient (Wildman–Crippen LogP) is 5.56. The summed E-state index contributed by atoms with van der Waals surface area (Å²) in [5.41, 5.74) is 1.33. The van der Waals surface area contributed by atoms with Crippen LogP contribution >= 0.6 is 0 Å². The van der Waals surface area contributed by atoms with Crippen LogP contribution in [0.15, 0.2) is 12.1 Å². The third kappa shape index (κ3) is 5.91. The Balaban J connectivity index is 0.00000121. The van der Waals surface area contributed by atoms with Crippen LogP contribution in [0.25, 0.3) is 32.7 Å². The molecule has 4 aromatic carbocycles. The molecule has 4 aromatic rings. The zero-order valence-corrected chi connectivity index (χ0v) is 24.3. The van der Waals surface area contributed by atoms with Crippen LogP contribution in [0, 0.1) is 13.8 Å². The average Bonchev–Trinajstić information content (AvgIpc) is 2.87. The number of carboxylic acids is 1. The number of aldehydes is 2. The van der Waals surface area contributed by atoms with Crippen molar-refractivity contribution in [1.29, 1.82) is 0 Å². The summed E-state index contributed by atoms with van der Waals surface area (Å²) in [6.45, 7) is 11.6. The first-order valence-corrected chi connectivity index (χ1v) is 13.1. The summed E-state index contributed by atoms with van der Waals surface area (Å²) in [6, 6.07) is 3.31. The van der Waals surface area contributed by atoms with Gasteiger partial charge in [-0.2, -0.15) is 0 Å². The molecule has 0 aliphatic heterocycles. The number of hydrogen-bond acceptors (Lipinski definition) is 9. The molecule has 0 bridgehead atoms. The molecule has 0 radical (unpaired) electrons. The molecule has 43 heavy (non-hydrogen) atoms. The Morgan fingerprint density at radius 3 is 1.14 bits per heavy atom. The molecule has 7 N–H and O–H groups in total. The number of carbonyl (C=O) groups excluding carboxylic acids is 2. The first kappa shape index (κ1) is 35.5. The minimum atomic E-state index is -0.833. The number of hydrogen-bond donors (Lipinski definition) is 7. The van der Waals surface area contributed by atoms with E-state index >= 15 is 0 Å². The van der Waals surface area contributed by atoms with E-state index in [-0.39, 0.29) is 82.6 Å². The molecule has 0 spiro atoms. The van der Waals surface area contributed by atoms with Crippen molar-refractivity contribution >= 4 is 77.8 Å². The van der Waals surface area contributed by atoms with Crippen LogP contribution in [0.2, 0.25) is 0 Å². The molecule has 0 unspecified atom stereocenters. The van der Waals surface area contributed by atoms with Gasteiger partial charge in [0.25, 0.3) is 5.97 Å².